The second-order valence-electron chi connectivity index (χ2n) is 5.75. The van der Waals surface area contributed by atoms with E-state index < -0.39 is 12.0 Å². The number of anilines is 1. The van der Waals surface area contributed by atoms with Crippen molar-refractivity contribution in [3.8, 4) is 0 Å². The van der Waals surface area contributed by atoms with Crippen molar-refractivity contribution in [2.75, 3.05) is 18.0 Å². The number of carbonyl (C=O) groups is 1. The molecule has 4 N–H and O–H groups in total. The maximum atomic E-state index is 11.1. The lowest BCUT2D eigenvalue weighted by Crippen LogP contribution is -2.22. The summed E-state index contributed by atoms with van der Waals surface area (Å²) < 4.78 is 0. The summed E-state index contributed by atoms with van der Waals surface area (Å²) in [5, 5.41) is 17.4. The van der Waals surface area contributed by atoms with E-state index >= 15 is 0 Å². The number of nitrogens with zero attached hydrogens (tertiary/aromatic N) is 3. The van der Waals surface area contributed by atoms with Crippen LogP contribution >= 0.6 is 0 Å². The van der Waals surface area contributed by atoms with E-state index in [2.05, 4.69) is 15.2 Å². The van der Waals surface area contributed by atoms with E-state index in [1.807, 2.05) is 17.9 Å². The molecule has 2 aromatic heterocycles. The molecule has 1 saturated heterocycles. The van der Waals surface area contributed by atoms with Gasteiger partial charge in [-0.3, -0.25) is 9.89 Å². The number of carbonyl (C=O) groups excluding carboxylic acids is 1. The van der Waals surface area contributed by atoms with Crippen LogP contribution in [-0.2, 0) is 6.42 Å². The number of H-pyrrole nitrogens is 1. The Morgan fingerprint density at radius 3 is 2.91 bits per heavy atom. The second kappa shape index (κ2) is 5.76. The van der Waals surface area contributed by atoms with Crippen LogP contribution in [0.15, 0.2) is 24.4 Å². The number of aliphatic hydroxyl groups excluding tert-OH is 1. The van der Waals surface area contributed by atoms with Gasteiger partial charge in [-0.25, -0.2) is 4.98 Å². The average Bonchev–Trinajstić information content (AvgIpc) is 3.06. The number of aliphatic hydroxyl groups is 1. The molecule has 7 heteroatoms. The van der Waals surface area contributed by atoms with Crippen LogP contribution in [0.4, 0.5) is 5.82 Å². The van der Waals surface area contributed by atoms with Gasteiger partial charge in [-0.15, -0.1) is 0 Å². The number of β-amino-alcohol motifs (C(OH)–C–C–N with tert-alkyl or cyclic N) is 1. The van der Waals surface area contributed by atoms with Gasteiger partial charge < -0.3 is 15.7 Å². The predicted molar refractivity (Wildman–Crippen MR) is 81.5 cm³/mol. The van der Waals surface area contributed by atoms with Crippen LogP contribution in [-0.4, -0.2) is 45.4 Å². The molecule has 0 radical (unpaired) electrons. The van der Waals surface area contributed by atoms with E-state index in [0.29, 0.717) is 18.7 Å². The molecule has 3 heterocycles. The molecule has 1 amide bonds. The molecule has 0 saturated carbocycles. The molecule has 22 heavy (non-hydrogen) atoms. The van der Waals surface area contributed by atoms with Gasteiger partial charge in [0.1, 0.15) is 5.82 Å². The van der Waals surface area contributed by atoms with Gasteiger partial charge in [0.25, 0.3) is 0 Å². The van der Waals surface area contributed by atoms with Gasteiger partial charge >= 0.3 is 0 Å². The monoisotopic (exact) mass is 301 g/mol. The van der Waals surface area contributed by atoms with Gasteiger partial charge in [-0.05, 0) is 31.5 Å². The number of aromatic nitrogens is 3. The molecule has 1 aliphatic rings. The molecule has 7 nitrogen and oxygen atoms in total. The number of hydrogen-bond acceptors (Lipinski definition) is 5. The zero-order valence-electron chi connectivity index (χ0n) is 12.4. The first-order chi connectivity index (χ1) is 10.5. The third-order valence-electron chi connectivity index (χ3n) is 3.99. The van der Waals surface area contributed by atoms with Crippen molar-refractivity contribution in [2.45, 2.75) is 19.4 Å². The Hall–Kier alpha value is -2.41. The van der Waals surface area contributed by atoms with Gasteiger partial charge in [0.2, 0.25) is 5.91 Å². The van der Waals surface area contributed by atoms with E-state index in [1.165, 1.54) is 6.20 Å². The van der Waals surface area contributed by atoms with Crippen LogP contribution < -0.4 is 10.6 Å². The minimum atomic E-state index is -0.493. The maximum Gasteiger partial charge on any atom is 0.250 e. The Morgan fingerprint density at radius 1 is 1.50 bits per heavy atom. The van der Waals surface area contributed by atoms with E-state index in [4.69, 9.17) is 5.73 Å². The van der Waals surface area contributed by atoms with Crippen molar-refractivity contribution in [3.63, 3.8) is 0 Å². The maximum absolute atomic E-state index is 11.1. The lowest BCUT2D eigenvalue weighted by atomic mass is 10.0. The summed E-state index contributed by atoms with van der Waals surface area (Å²) in [5.41, 5.74) is 7.56. The van der Waals surface area contributed by atoms with E-state index in [-0.39, 0.29) is 5.92 Å². The summed E-state index contributed by atoms with van der Waals surface area (Å²) in [6.07, 6.45) is 1.77. The molecule has 0 spiro atoms. The zero-order chi connectivity index (χ0) is 15.7. The summed E-state index contributed by atoms with van der Waals surface area (Å²) in [5.74, 6) is 0.359. The molecule has 2 atom stereocenters. The van der Waals surface area contributed by atoms with Gasteiger partial charge in [0, 0.05) is 30.9 Å². The zero-order valence-corrected chi connectivity index (χ0v) is 12.4. The lowest BCUT2D eigenvalue weighted by molar-refractivity contribution is 0.1000. The predicted octanol–water partition coefficient (Wildman–Crippen LogP) is 0.252. The fourth-order valence-corrected chi connectivity index (χ4v) is 2.81. The minimum absolute atomic E-state index is 0.111. The quantitative estimate of drug-likeness (QED) is 0.750. The molecule has 2 aromatic rings. The number of pyridine rings is 1. The number of aryl methyl sites for hydroxylation is 1. The highest BCUT2D eigenvalue weighted by molar-refractivity contribution is 5.92. The smallest absolute Gasteiger partial charge is 0.250 e. The van der Waals surface area contributed by atoms with Crippen LogP contribution in [0.2, 0.25) is 0 Å². The van der Waals surface area contributed by atoms with Crippen molar-refractivity contribution >= 4 is 11.7 Å². The Morgan fingerprint density at radius 2 is 2.32 bits per heavy atom. The van der Waals surface area contributed by atoms with Crippen molar-refractivity contribution in [1.82, 2.24) is 15.2 Å². The number of nitrogens with one attached hydrogen (secondary N) is 1. The number of rotatable bonds is 4. The third kappa shape index (κ3) is 2.94. The Labute approximate surface area is 128 Å². The Bertz CT molecular complexity index is 667. The molecule has 1 fully saturated rings. The Balaban J connectivity index is 1.68. The molecule has 0 bridgehead atoms. The highest BCUT2D eigenvalue weighted by Gasteiger charge is 2.32. The summed E-state index contributed by atoms with van der Waals surface area (Å²) in [7, 11) is 0. The van der Waals surface area contributed by atoms with E-state index in [1.54, 1.807) is 12.1 Å². The number of nitrogens with two attached hydrogens (primary N) is 1. The molecular weight excluding hydrogens is 282 g/mol. The van der Waals surface area contributed by atoms with Crippen molar-refractivity contribution < 1.29 is 9.90 Å². The number of amides is 1. The SMILES string of the molecule is Cc1cc(C[C@@H]2CN(c3ccc(C(N)=O)cn3)C[C@@H]2O)n[nH]1. The molecule has 0 aromatic carbocycles. The third-order valence-corrected chi connectivity index (χ3v) is 3.99. The number of primary amides is 1. The summed E-state index contributed by atoms with van der Waals surface area (Å²) in [4.78, 5) is 17.3. The van der Waals surface area contributed by atoms with Gasteiger partial charge in [0.05, 0.1) is 17.4 Å². The standard InChI is InChI=1S/C15H19N5O2/c1-9-4-12(19-18-9)5-11-7-20(8-13(11)21)14-3-2-10(6-17-14)15(16)22/h2-4,6,11,13,21H,5,7-8H2,1H3,(H2,16,22)(H,18,19)/t11-,13+/m1/s1. The average molecular weight is 301 g/mol. The van der Waals surface area contributed by atoms with E-state index in [9.17, 15) is 9.90 Å². The van der Waals surface area contributed by atoms with Crippen LogP contribution in [0.25, 0.3) is 0 Å². The molecule has 0 unspecified atom stereocenters. The summed E-state index contributed by atoms with van der Waals surface area (Å²) in [6, 6.07) is 5.41. The van der Waals surface area contributed by atoms with Gasteiger partial charge in [-0.2, -0.15) is 5.10 Å². The topological polar surface area (TPSA) is 108 Å². The largest absolute Gasteiger partial charge is 0.391 e. The van der Waals surface area contributed by atoms with Crippen molar-refractivity contribution in [1.29, 1.82) is 0 Å². The van der Waals surface area contributed by atoms with Crippen LogP contribution in [0.5, 0.6) is 0 Å². The number of hydrogen-bond donors (Lipinski definition) is 3. The van der Waals surface area contributed by atoms with Crippen LogP contribution in [0.3, 0.4) is 0 Å². The minimum Gasteiger partial charge on any atom is -0.391 e. The fourth-order valence-electron chi connectivity index (χ4n) is 2.81. The molecule has 116 valence electrons. The van der Waals surface area contributed by atoms with Crippen molar-refractivity contribution in [3.05, 3.63) is 41.3 Å². The van der Waals surface area contributed by atoms with Crippen LogP contribution in [0, 0.1) is 12.8 Å². The highest BCUT2D eigenvalue weighted by atomic mass is 16.3. The van der Waals surface area contributed by atoms with Gasteiger partial charge in [-0.1, -0.05) is 0 Å². The van der Waals surface area contributed by atoms with Crippen LogP contribution in [0.1, 0.15) is 21.7 Å². The fraction of sp³-hybridized carbons (Fsp3) is 0.400. The highest BCUT2D eigenvalue weighted by Crippen LogP contribution is 2.25. The molecule has 0 aliphatic carbocycles. The summed E-state index contributed by atoms with van der Waals surface area (Å²) >= 11 is 0. The summed E-state index contributed by atoms with van der Waals surface area (Å²) in [6.45, 7) is 3.19. The Kier molecular flexibility index (Phi) is 3.81. The normalized spacial score (nSPS) is 21.3. The first-order valence-electron chi connectivity index (χ1n) is 7.22. The molecule has 1 aliphatic heterocycles. The first kappa shape index (κ1) is 14.5. The second-order valence-corrected chi connectivity index (χ2v) is 5.75. The molecular formula is C15H19N5O2. The lowest BCUT2D eigenvalue weighted by Gasteiger charge is -2.16. The molecule has 3 rings (SSSR count). The van der Waals surface area contributed by atoms with Crippen molar-refractivity contribution in [2.24, 2.45) is 11.7 Å². The first-order valence-corrected chi connectivity index (χ1v) is 7.22. The number of aromatic amines is 1. The van der Waals surface area contributed by atoms with Gasteiger partial charge in [0.15, 0.2) is 0 Å². The van der Waals surface area contributed by atoms with E-state index in [0.717, 1.165) is 23.6 Å².